The molecule has 100 valence electrons. The molecule has 3 unspecified atom stereocenters. The van der Waals surface area contributed by atoms with Gasteiger partial charge >= 0.3 is 0 Å². The molecule has 1 aliphatic carbocycles. The van der Waals surface area contributed by atoms with Crippen LogP contribution in [0.4, 0.5) is 8.78 Å². The van der Waals surface area contributed by atoms with E-state index in [1.165, 1.54) is 6.07 Å². The molecular formula is C13H17F2NOS. The second-order valence-corrected chi connectivity index (χ2v) is 6.31. The monoisotopic (exact) mass is 273 g/mol. The van der Waals surface area contributed by atoms with Crippen molar-refractivity contribution < 1.29 is 13.0 Å². The molecule has 0 aliphatic heterocycles. The fourth-order valence-electron chi connectivity index (χ4n) is 2.45. The second-order valence-electron chi connectivity index (χ2n) is 4.77. The van der Waals surface area contributed by atoms with E-state index < -0.39 is 22.4 Å². The molecule has 1 aromatic carbocycles. The Hall–Kier alpha value is -0.810. The van der Waals surface area contributed by atoms with Crippen molar-refractivity contribution in [2.45, 2.75) is 36.6 Å². The minimum Gasteiger partial charge on any atom is -0.327 e. The molecule has 1 aliphatic rings. The molecule has 1 saturated carbocycles. The molecule has 0 amide bonds. The maximum atomic E-state index is 13.4. The van der Waals surface area contributed by atoms with Crippen LogP contribution in [0.25, 0.3) is 0 Å². The van der Waals surface area contributed by atoms with Gasteiger partial charge < -0.3 is 5.73 Å². The molecule has 0 heterocycles. The Labute approximate surface area is 108 Å². The van der Waals surface area contributed by atoms with E-state index in [9.17, 15) is 13.0 Å². The summed E-state index contributed by atoms with van der Waals surface area (Å²) < 4.78 is 38.1. The minimum absolute atomic E-state index is 0.0861. The first kappa shape index (κ1) is 13.6. The highest BCUT2D eigenvalue weighted by molar-refractivity contribution is 7.85. The standard InChI is InChI=1S/C13H17F2NOS/c14-10-4-5-13(11(15)8-10)18(17)7-6-9-2-1-3-12(9)16/h4-5,8-9,12H,1-3,6-7,16H2. The van der Waals surface area contributed by atoms with Gasteiger partial charge in [0.2, 0.25) is 0 Å². The van der Waals surface area contributed by atoms with Crippen molar-refractivity contribution in [3.05, 3.63) is 29.8 Å². The lowest BCUT2D eigenvalue weighted by atomic mass is 10.0. The quantitative estimate of drug-likeness (QED) is 0.916. The molecule has 0 radical (unpaired) electrons. The van der Waals surface area contributed by atoms with Crippen molar-refractivity contribution in [1.82, 2.24) is 0 Å². The topological polar surface area (TPSA) is 43.1 Å². The predicted octanol–water partition coefficient (Wildman–Crippen LogP) is 2.59. The van der Waals surface area contributed by atoms with Crippen LogP contribution < -0.4 is 5.73 Å². The van der Waals surface area contributed by atoms with Gasteiger partial charge in [-0.2, -0.15) is 0 Å². The van der Waals surface area contributed by atoms with Crippen LogP contribution in [0.5, 0.6) is 0 Å². The third kappa shape index (κ3) is 3.14. The zero-order valence-corrected chi connectivity index (χ0v) is 10.9. The van der Waals surface area contributed by atoms with E-state index in [4.69, 9.17) is 5.73 Å². The highest BCUT2D eigenvalue weighted by atomic mass is 32.2. The average molecular weight is 273 g/mol. The van der Waals surface area contributed by atoms with Gasteiger partial charge in [0, 0.05) is 17.9 Å². The molecule has 18 heavy (non-hydrogen) atoms. The summed E-state index contributed by atoms with van der Waals surface area (Å²) >= 11 is 0. The zero-order valence-electron chi connectivity index (χ0n) is 10.1. The molecule has 2 rings (SSSR count). The molecule has 0 saturated heterocycles. The molecule has 0 spiro atoms. The van der Waals surface area contributed by atoms with Crippen molar-refractivity contribution in [2.75, 3.05) is 5.75 Å². The van der Waals surface area contributed by atoms with Gasteiger partial charge in [0.1, 0.15) is 11.6 Å². The number of nitrogens with two attached hydrogens (primary N) is 1. The van der Waals surface area contributed by atoms with Crippen LogP contribution in [-0.4, -0.2) is 16.0 Å². The normalized spacial score (nSPS) is 25.3. The number of hydrogen-bond acceptors (Lipinski definition) is 2. The summed E-state index contributed by atoms with van der Waals surface area (Å²) in [5.74, 6) is -0.603. The van der Waals surface area contributed by atoms with E-state index in [1.54, 1.807) is 0 Å². The molecule has 0 aromatic heterocycles. The highest BCUT2D eigenvalue weighted by Crippen LogP contribution is 2.27. The summed E-state index contributed by atoms with van der Waals surface area (Å²) in [7, 11) is -1.41. The SMILES string of the molecule is NC1CCCC1CCS(=O)c1ccc(F)cc1F. The van der Waals surface area contributed by atoms with Gasteiger partial charge in [-0.25, -0.2) is 8.78 Å². The van der Waals surface area contributed by atoms with Crippen LogP contribution in [0.15, 0.2) is 23.1 Å². The number of hydrogen-bond donors (Lipinski definition) is 1. The van der Waals surface area contributed by atoms with Crippen LogP contribution >= 0.6 is 0 Å². The summed E-state index contributed by atoms with van der Waals surface area (Å²) in [4.78, 5) is 0.0861. The predicted molar refractivity (Wildman–Crippen MR) is 67.6 cm³/mol. The summed E-state index contributed by atoms with van der Waals surface area (Å²) in [6.45, 7) is 0. The van der Waals surface area contributed by atoms with Gasteiger partial charge in [0.15, 0.2) is 0 Å². The fraction of sp³-hybridized carbons (Fsp3) is 0.538. The maximum Gasteiger partial charge on any atom is 0.142 e. The van der Waals surface area contributed by atoms with Crippen LogP contribution in [0.3, 0.4) is 0 Å². The Kier molecular flexibility index (Phi) is 4.45. The van der Waals surface area contributed by atoms with Crippen LogP contribution in [0, 0.1) is 17.6 Å². The van der Waals surface area contributed by atoms with Crippen LogP contribution in [-0.2, 0) is 10.8 Å². The van der Waals surface area contributed by atoms with Gasteiger partial charge in [-0.05, 0) is 37.3 Å². The fourth-order valence-corrected chi connectivity index (χ4v) is 3.69. The van der Waals surface area contributed by atoms with E-state index in [1.807, 2.05) is 0 Å². The summed E-state index contributed by atoms with van der Waals surface area (Å²) in [5, 5.41) is 0. The van der Waals surface area contributed by atoms with E-state index in [2.05, 4.69) is 0 Å². The lowest BCUT2D eigenvalue weighted by molar-refractivity contribution is 0.468. The van der Waals surface area contributed by atoms with Crippen molar-refractivity contribution in [3.8, 4) is 0 Å². The molecule has 1 aromatic rings. The third-order valence-electron chi connectivity index (χ3n) is 3.53. The molecular weight excluding hydrogens is 256 g/mol. The van der Waals surface area contributed by atoms with Gasteiger partial charge in [-0.1, -0.05) is 6.42 Å². The Morgan fingerprint density at radius 1 is 1.33 bits per heavy atom. The Bertz CT molecular complexity index is 453. The van der Waals surface area contributed by atoms with E-state index >= 15 is 0 Å². The first-order valence-corrected chi connectivity index (χ1v) is 7.49. The van der Waals surface area contributed by atoms with Crippen molar-refractivity contribution in [2.24, 2.45) is 11.7 Å². The lowest BCUT2D eigenvalue weighted by Gasteiger charge is -2.14. The van der Waals surface area contributed by atoms with E-state index in [0.717, 1.165) is 37.8 Å². The molecule has 2 nitrogen and oxygen atoms in total. The third-order valence-corrected chi connectivity index (χ3v) is 4.96. The lowest BCUT2D eigenvalue weighted by Crippen LogP contribution is -2.25. The van der Waals surface area contributed by atoms with E-state index in [-0.39, 0.29) is 10.9 Å². The number of rotatable bonds is 4. The Balaban J connectivity index is 1.95. The second kappa shape index (κ2) is 5.89. The zero-order chi connectivity index (χ0) is 13.1. The maximum absolute atomic E-state index is 13.4. The molecule has 3 atom stereocenters. The van der Waals surface area contributed by atoms with Gasteiger partial charge in [0.05, 0.1) is 15.7 Å². The van der Waals surface area contributed by atoms with Crippen molar-refractivity contribution >= 4 is 10.8 Å². The minimum atomic E-state index is -1.41. The van der Waals surface area contributed by atoms with Crippen molar-refractivity contribution in [3.63, 3.8) is 0 Å². The molecule has 1 fully saturated rings. The average Bonchev–Trinajstić information content (AvgIpc) is 2.72. The molecule has 2 N–H and O–H groups in total. The summed E-state index contributed by atoms with van der Waals surface area (Å²) in [6, 6.07) is 3.35. The number of benzene rings is 1. The first-order valence-electron chi connectivity index (χ1n) is 6.17. The molecule has 0 bridgehead atoms. The summed E-state index contributed by atoms with van der Waals surface area (Å²) in [5.41, 5.74) is 5.93. The van der Waals surface area contributed by atoms with Crippen LogP contribution in [0.1, 0.15) is 25.7 Å². The first-order chi connectivity index (χ1) is 8.58. The Morgan fingerprint density at radius 2 is 2.11 bits per heavy atom. The largest absolute Gasteiger partial charge is 0.327 e. The van der Waals surface area contributed by atoms with Gasteiger partial charge in [0.25, 0.3) is 0 Å². The van der Waals surface area contributed by atoms with Gasteiger partial charge in [-0.15, -0.1) is 0 Å². The Morgan fingerprint density at radius 3 is 2.72 bits per heavy atom. The van der Waals surface area contributed by atoms with E-state index in [0.29, 0.717) is 11.7 Å². The smallest absolute Gasteiger partial charge is 0.142 e. The highest BCUT2D eigenvalue weighted by Gasteiger charge is 2.24. The molecule has 5 heteroatoms. The van der Waals surface area contributed by atoms with Gasteiger partial charge in [-0.3, -0.25) is 4.21 Å². The van der Waals surface area contributed by atoms with Crippen molar-refractivity contribution in [1.29, 1.82) is 0 Å². The summed E-state index contributed by atoms with van der Waals surface area (Å²) in [6.07, 6.45) is 3.93. The van der Waals surface area contributed by atoms with Crippen LogP contribution in [0.2, 0.25) is 0 Å². The number of halogens is 2.